The predicted octanol–water partition coefficient (Wildman–Crippen LogP) is 4.43. The molecule has 2 fully saturated rings. The van der Waals surface area contributed by atoms with Crippen LogP contribution in [0, 0.1) is 5.82 Å². The van der Waals surface area contributed by atoms with Crippen LogP contribution in [0.5, 0.6) is 0 Å². The summed E-state index contributed by atoms with van der Waals surface area (Å²) in [6.07, 6.45) is 3.42. The zero-order valence-corrected chi connectivity index (χ0v) is 18.3. The summed E-state index contributed by atoms with van der Waals surface area (Å²) in [5, 5.41) is 4.44. The molecule has 5 rings (SSSR count). The van der Waals surface area contributed by atoms with Gasteiger partial charge in [-0.25, -0.2) is 12.8 Å². The minimum Gasteiger partial charge on any atom is -0.380 e. The Balaban J connectivity index is 1.28. The topological polar surface area (TPSA) is 65.2 Å². The lowest BCUT2D eigenvalue weighted by atomic mass is 10.0. The maximum atomic E-state index is 14.3. The van der Waals surface area contributed by atoms with Gasteiger partial charge in [0.25, 0.3) is 0 Å². The number of aromatic amines is 1. The van der Waals surface area contributed by atoms with Gasteiger partial charge in [0, 0.05) is 36.3 Å². The van der Waals surface area contributed by atoms with Gasteiger partial charge in [0.2, 0.25) is 0 Å². The fourth-order valence-corrected chi connectivity index (χ4v) is 6.43. The van der Waals surface area contributed by atoms with E-state index in [0.29, 0.717) is 17.5 Å². The highest BCUT2D eigenvalue weighted by molar-refractivity contribution is 7.91. The Bertz CT molecular complexity index is 1150. The number of halogens is 1. The van der Waals surface area contributed by atoms with E-state index in [1.54, 1.807) is 12.1 Å². The number of likely N-dealkylation sites (tertiary alicyclic amines) is 1. The molecular formula is C24H28FN3O2S. The molecule has 3 aromatic rings. The van der Waals surface area contributed by atoms with Gasteiger partial charge in [0.1, 0.15) is 15.7 Å². The molecule has 0 bridgehead atoms. The average Bonchev–Trinajstić information content (AvgIpc) is 3.19. The van der Waals surface area contributed by atoms with Crippen LogP contribution >= 0.6 is 0 Å². The van der Waals surface area contributed by atoms with Crippen LogP contribution in [0.15, 0.2) is 48.5 Å². The number of nitrogens with one attached hydrogen (secondary N) is 2. The first-order valence-electron chi connectivity index (χ1n) is 11.1. The standard InChI is InChI=1S/C24H28FN3O2S/c25-19-14-18-15-22(17-4-2-1-3-5-17)27-24(18)23(16-19)26-20-6-10-28(11-7-20)21-8-12-31(29,30)13-9-21/h1-5,14-16,20-21,26-27H,6-13H2. The molecule has 7 heteroatoms. The van der Waals surface area contributed by atoms with Crippen molar-refractivity contribution in [1.82, 2.24) is 9.88 Å². The number of rotatable bonds is 4. The van der Waals surface area contributed by atoms with Crippen molar-refractivity contribution in [3.05, 3.63) is 54.3 Å². The molecule has 1 aromatic heterocycles. The molecule has 2 aliphatic heterocycles. The minimum atomic E-state index is -2.83. The molecule has 2 N–H and O–H groups in total. The van der Waals surface area contributed by atoms with Crippen LogP contribution in [0.4, 0.5) is 10.1 Å². The molecule has 0 spiro atoms. The van der Waals surface area contributed by atoms with Gasteiger partial charge in [0.05, 0.1) is 22.7 Å². The molecule has 3 heterocycles. The lowest BCUT2D eigenvalue weighted by Crippen LogP contribution is -2.47. The Morgan fingerprint density at radius 1 is 0.968 bits per heavy atom. The number of aromatic nitrogens is 1. The van der Waals surface area contributed by atoms with Gasteiger partial charge in [0.15, 0.2) is 0 Å². The van der Waals surface area contributed by atoms with Gasteiger partial charge in [-0.05, 0) is 49.4 Å². The molecule has 2 aromatic carbocycles. The lowest BCUT2D eigenvalue weighted by Gasteiger charge is -2.39. The van der Waals surface area contributed by atoms with E-state index in [4.69, 9.17) is 0 Å². The number of fused-ring (bicyclic) bond motifs is 1. The Labute approximate surface area is 182 Å². The largest absolute Gasteiger partial charge is 0.380 e. The summed E-state index contributed by atoms with van der Waals surface area (Å²) in [5.41, 5.74) is 3.79. The SMILES string of the molecule is O=S1(=O)CCC(N2CCC(Nc3cc(F)cc4cc(-c5ccccc5)[nH]c34)CC2)CC1. The van der Waals surface area contributed by atoms with Crippen molar-refractivity contribution < 1.29 is 12.8 Å². The fraction of sp³-hybridized carbons (Fsp3) is 0.417. The Hall–Kier alpha value is -2.38. The van der Waals surface area contributed by atoms with Gasteiger partial charge in [-0.1, -0.05) is 30.3 Å². The summed E-state index contributed by atoms with van der Waals surface area (Å²) < 4.78 is 37.7. The molecule has 31 heavy (non-hydrogen) atoms. The number of hydrogen-bond donors (Lipinski definition) is 2. The Kier molecular flexibility index (Phi) is 5.48. The number of sulfone groups is 1. The Morgan fingerprint density at radius 2 is 1.68 bits per heavy atom. The minimum absolute atomic E-state index is 0.241. The molecule has 2 aliphatic rings. The van der Waals surface area contributed by atoms with Crippen molar-refractivity contribution in [2.24, 2.45) is 0 Å². The van der Waals surface area contributed by atoms with Crippen LogP contribution < -0.4 is 5.32 Å². The molecule has 0 unspecified atom stereocenters. The van der Waals surface area contributed by atoms with E-state index in [-0.39, 0.29) is 11.9 Å². The van der Waals surface area contributed by atoms with Crippen LogP contribution in [0.25, 0.3) is 22.2 Å². The van der Waals surface area contributed by atoms with Gasteiger partial charge in [-0.2, -0.15) is 0 Å². The summed E-state index contributed by atoms with van der Waals surface area (Å²) in [6, 6.07) is 15.9. The second kappa shape index (κ2) is 8.28. The van der Waals surface area contributed by atoms with Crippen molar-refractivity contribution in [2.75, 3.05) is 29.9 Å². The summed E-state index contributed by atoms with van der Waals surface area (Å²) >= 11 is 0. The predicted molar refractivity (Wildman–Crippen MR) is 124 cm³/mol. The molecule has 0 amide bonds. The van der Waals surface area contributed by atoms with E-state index in [1.807, 2.05) is 36.4 Å². The molecular weight excluding hydrogens is 413 g/mol. The van der Waals surface area contributed by atoms with Crippen LogP contribution in [-0.2, 0) is 9.84 Å². The number of nitrogens with zero attached hydrogens (tertiary/aromatic N) is 1. The summed E-state index contributed by atoms with van der Waals surface area (Å²) in [7, 11) is -2.83. The highest BCUT2D eigenvalue weighted by Gasteiger charge is 2.30. The summed E-state index contributed by atoms with van der Waals surface area (Å²) in [5.74, 6) is 0.385. The van der Waals surface area contributed by atoms with Gasteiger partial charge < -0.3 is 15.2 Å². The smallest absolute Gasteiger partial charge is 0.150 e. The third-order valence-corrected chi connectivity index (χ3v) is 8.42. The monoisotopic (exact) mass is 441 g/mol. The van der Waals surface area contributed by atoms with E-state index in [9.17, 15) is 12.8 Å². The van der Waals surface area contributed by atoms with Crippen LogP contribution in [0.1, 0.15) is 25.7 Å². The quantitative estimate of drug-likeness (QED) is 0.629. The molecule has 0 saturated carbocycles. The molecule has 164 valence electrons. The molecule has 5 nitrogen and oxygen atoms in total. The second-order valence-corrected chi connectivity index (χ2v) is 11.1. The number of benzene rings is 2. The van der Waals surface area contributed by atoms with E-state index < -0.39 is 9.84 Å². The molecule has 0 atom stereocenters. The highest BCUT2D eigenvalue weighted by Crippen LogP contribution is 2.31. The summed E-state index contributed by atoms with van der Waals surface area (Å²) in [4.78, 5) is 5.91. The first kappa shape index (κ1) is 20.5. The number of anilines is 1. The lowest BCUT2D eigenvalue weighted by molar-refractivity contribution is 0.147. The number of hydrogen-bond acceptors (Lipinski definition) is 4. The van der Waals surface area contributed by atoms with E-state index in [1.165, 1.54) is 0 Å². The maximum absolute atomic E-state index is 14.3. The third kappa shape index (κ3) is 4.48. The van der Waals surface area contributed by atoms with Crippen molar-refractivity contribution in [1.29, 1.82) is 0 Å². The third-order valence-electron chi connectivity index (χ3n) is 6.71. The normalized spacial score (nSPS) is 20.8. The number of H-pyrrole nitrogens is 1. The van der Waals surface area contributed by atoms with Crippen LogP contribution in [0.2, 0.25) is 0 Å². The number of piperidine rings is 1. The van der Waals surface area contributed by atoms with Crippen LogP contribution in [-0.4, -0.2) is 55.0 Å². The molecule has 2 saturated heterocycles. The summed E-state index contributed by atoms with van der Waals surface area (Å²) in [6.45, 7) is 1.89. The molecule has 0 aliphatic carbocycles. The first-order valence-corrected chi connectivity index (χ1v) is 12.9. The first-order chi connectivity index (χ1) is 15.0. The van der Waals surface area contributed by atoms with E-state index >= 15 is 0 Å². The van der Waals surface area contributed by atoms with Gasteiger partial charge in [-0.3, -0.25) is 0 Å². The van der Waals surface area contributed by atoms with E-state index in [0.717, 1.165) is 66.6 Å². The van der Waals surface area contributed by atoms with Gasteiger partial charge in [-0.15, -0.1) is 0 Å². The maximum Gasteiger partial charge on any atom is 0.150 e. The highest BCUT2D eigenvalue weighted by atomic mass is 32.2. The van der Waals surface area contributed by atoms with Gasteiger partial charge >= 0.3 is 0 Å². The molecule has 0 radical (unpaired) electrons. The Morgan fingerprint density at radius 3 is 2.39 bits per heavy atom. The zero-order chi connectivity index (χ0) is 21.4. The second-order valence-electron chi connectivity index (χ2n) is 8.80. The van der Waals surface area contributed by atoms with Crippen molar-refractivity contribution in [3.8, 4) is 11.3 Å². The zero-order valence-electron chi connectivity index (χ0n) is 17.5. The fourth-order valence-electron chi connectivity index (χ4n) is 4.97. The van der Waals surface area contributed by atoms with Crippen molar-refractivity contribution >= 4 is 26.4 Å². The average molecular weight is 442 g/mol. The van der Waals surface area contributed by atoms with E-state index in [2.05, 4.69) is 15.2 Å². The van der Waals surface area contributed by atoms with Crippen molar-refractivity contribution in [3.63, 3.8) is 0 Å². The van der Waals surface area contributed by atoms with Crippen LogP contribution in [0.3, 0.4) is 0 Å². The van der Waals surface area contributed by atoms with Crippen molar-refractivity contribution in [2.45, 2.75) is 37.8 Å².